The molecule has 2 rings (SSSR count). The maximum absolute atomic E-state index is 5.90. The highest BCUT2D eigenvalue weighted by atomic mass is 16.5. The Hall–Kier alpha value is -0.870. The number of rotatable bonds is 6. The molecule has 1 fully saturated rings. The van der Waals surface area contributed by atoms with Crippen molar-refractivity contribution in [2.24, 2.45) is 13.0 Å². The van der Waals surface area contributed by atoms with Crippen LogP contribution in [0.15, 0.2) is 6.20 Å². The molecule has 0 bridgehead atoms. The quantitative estimate of drug-likeness (QED) is 0.802. The van der Waals surface area contributed by atoms with Gasteiger partial charge in [0.15, 0.2) is 0 Å². The van der Waals surface area contributed by atoms with Crippen LogP contribution in [-0.2, 0) is 18.3 Å². The molecule has 0 N–H and O–H groups in total. The Balaban J connectivity index is 1.80. The van der Waals surface area contributed by atoms with Crippen molar-refractivity contribution in [2.45, 2.75) is 52.7 Å². The number of morpholine rings is 1. The number of hydrogen-bond donors (Lipinski definition) is 0. The van der Waals surface area contributed by atoms with Crippen LogP contribution in [0.1, 0.15) is 44.6 Å². The fourth-order valence-electron chi connectivity index (χ4n) is 2.78. The van der Waals surface area contributed by atoms with Gasteiger partial charge < -0.3 is 9.30 Å². The van der Waals surface area contributed by atoms with Gasteiger partial charge in [-0.2, -0.15) is 0 Å². The van der Waals surface area contributed by atoms with Crippen LogP contribution in [0.4, 0.5) is 0 Å². The largest absolute Gasteiger partial charge is 0.376 e. The number of ether oxygens (including phenoxy) is 1. The van der Waals surface area contributed by atoms with Crippen LogP contribution in [0.5, 0.6) is 0 Å². The van der Waals surface area contributed by atoms with Crippen LogP contribution < -0.4 is 0 Å². The van der Waals surface area contributed by atoms with Gasteiger partial charge in [0.25, 0.3) is 0 Å². The fraction of sp³-hybridized carbons (Fsp3) is 0.812. The predicted molar refractivity (Wildman–Crippen MR) is 81.7 cm³/mol. The summed E-state index contributed by atoms with van der Waals surface area (Å²) in [6.45, 7) is 10.6. The summed E-state index contributed by atoms with van der Waals surface area (Å²) in [6, 6.07) is 0. The normalized spacial score (nSPS) is 20.8. The second-order valence-electron chi connectivity index (χ2n) is 6.41. The molecule has 0 spiro atoms. The third kappa shape index (κ3) is 4.32. The zero-order valence-corrected chi connectivity index (χ0v) is 13.4. The summed E-state index contributed by atoms with van der Waals surface area (Å²) in [5.41, 5.74) is 1.30. The number of hydrogen-bond acceptors (Lipinski definition) is 3. The first kappa shape index (κ1) is 15.5. The van der Waals surface area contributed by atoms with Crippen molar-refractivity contribution >= 4 is 0 Å². The molecule has 1 aromatic heterocycles. The van der Waals surface area contributed by atoms with E-state index in [9.17, 15) is 0 Å². The SMILES string of the molecule is Cc1ncc(CN2CCO[C@@H](CCCC(C)C)C2)n1C. The lowest BCUT2D eigenvalue weighted by Crippen LogP contribution is -2.42. The molecule has 20 heavy (non-hydrogen) atoms. The number of aryl methyl sites for hydroxylation is 1. The molecule has 0 amide bonds. The van der Waals surface area contributed by atoms with Crippen molar-refractivity contribution in [3.05, 3.63) is 17.7 Å². The number of nitrogens with zero attached hydrogens (tertiary/aromatic N) is 3. The summed E-state index contributed by atoms with van der Waals surface area (Å²) < 4.78 is 8.08. The summed E-state index contributed by atoms with van der Waals surface area (Å²) >= 11 is 0. The van der Waals surface area contributed by atoms with Gasteiger partial charge in [-0.3, -0.25) is 4.90 Å². The van der Waals surface area contributed by atoms with E-state index < -0.39 is 0 Å². The van der Waals surface area contributed by atoms with Crippen LogP contribution >= 0.6 is 0 Å². The third-order valence-electron chi connectivity index (χ3n) is 4.23. The smallest absolute Gasteiger partial charge is 0.105 e. The zero-order chi connectivity index (χ0) is 14.5. The summed E-state index contributed by atoms with van der Waals surface area (Å²) in [5, 5.41) is 0. The summed E-state index contributed by atoms with van der Waals surface area (Å²) in [6.07, 6.45) is 6.19. The first-order valence-electron chi connectivity index (χ1n) is 7.87. The van der Waals surface area contributed by atoms with Crippen molar-refractivity contribution in [3.63, 3.8) is 0 Å². The molecule has 2 heterocycles. The maximum Gasteiger partial charge on any atom is 0.105 e. The Labute approximate surface area is 123 Å². The van der Waals surface area contributed by atoms with Gasteiger partial charge in [-0.05, 0) is 19.3 Å². The monoisotopic (exact) mass is 279 g/mol. The summed E-state index contributed by atoms with van der Waals surface area (Å²) in [5.74, 6) is 1.88. The van der Waals surface area contributed by atoms with Crippen LogP contribution in [-0.4, -0.2) is 40.3 Å². The molecule has 0 unspecified atom stereocenters. The Morgan fingerprint density at radius 3 is 2.90 bits per heavy atom. The van der Waals surface area contributed by atoms with Gasteiger partial charge in [0.05, 0.1) is 18.4 Å². The van der Waals surface area contributed by atoms with E-state index in [1.165, 1.54) is 25.0 Å². The number of aromatic nitrogens is 2. The summed E-state index contributed by atoms with van der Waals surface area (Å²) in [7, 11) is 2.10. The molecule has 1 atom stereocenters. The van der Waals surface area contributed by atoms with E-state index in [-0.39, 0.29) is 0 Å². The van der Waals surface area contributed by atoms with Crippen LogP contribution in [0.2, 0.25) is 0 Å². The molecule has 0 aromatic carbocycles. The van der Waals surface area contributed by atoms with Gasteiger partial charge in [0, 0.05) is 32.9 Å². The first-order chi connectivity index (χ1) is 9.56. The van der Waals surface area contributed by atoms with E-state index in [0.717, 1.165) is 38.0 Å². The average Bonchev–Trinajstić information content (AvgIpc) is 2.71. The fourth-order valence-corrected chi connectivity index (χ4v) is 2.78. The molecule has 114 valence electrons. The van der Waals surface area contributed by atoms with E-state index in [0.29, 0.717) is 6.10 Å². The standard InChI is InChI=1S/C16H29N3O/c1-13(2)6-5-7-16-12-19(8-9-20-16)11-15-10-17-14(3)18(15)4/h10,13,16H,5-9,11-12H2,1-4H3/t16-/m0/s1. The van der Waals surface area contributed by atoms with Crippen LogP contribution in [0, 0.1) is 12.8 Å². The average molecular weight is 279 g/mol. The van der Waals surface area contributed by atoms with Crippen molar-refractivity contribution in [1.29, 1.82) is 0 Å². The number of imidazole rings is 1. The van der Waals surface area contributed by atoms with Gasteiger partial charge in [0.1, 0.15) is 5.82 Å². The first-order valence-corrected chi connectivity index (χ1v) is 7.87. The van der Waals surface area contributed by atoms with E-state index in [1.807, 2.05) is 6.20 Å². The van der Waals surface area contributed by atoms with Gasteiger partial charge in [-0.25, -0.2) is 4.98 Å². The molecular formula is C16H29N3O. The Morgan fingerprint density at radius 2 is 2.25 bits per heavy atom. The molecular weight excluding hydrogens is 250 g/mol. The molecule has 1 aliphatic heterocycles. The molecule has 4 heteroatoms. The minimum absolute atomic E-state index is 0.414. The highest BCUT2D eigenvalue weighted by Gasteiger charge is 2.21. The zero-order valence-electron chi connectivity index (χ0n) is 13.4. The van der Waals surface area contributed by atoms with E-state index in [2.05, 4.69) is 42.3 Å². The highest BCUT2D eigenvalue weighted by Crippen LogP contribution is 2.16. The van der Waals surface area contributed by atoms with Crippen molar-refractivity contribution in [2.75, 3.05) is 19.7 Å². The van der Waals surface area contributed by atoms with Crippen LogP contribution in [0.3, 0.4) is 0 Å². The predicted octanol–water partition coefficient (Wildman–Crippen LogP) is 2.76. The second kappa shape index (κ2) is 7.23. The Bertz CT molecular complexity index is 414. The minimum Gasteiger partial charge on any atom is -0.376 e. The molecule has 1 saturated heterocycles. The Kier molecular flexibility index (Phi) is 5.61. The van der Waals surface area contributed by atoms with Crippen molar-refractivity contribution in [3.8, 4) is 0 Å². The maximum atomic E-state index is 5.90. The van der Waals surface area contributed by atoms with Crippen LogP contribution in [0.25, 0.3) is 0 Å². The van der Waals surface area contributed by atoms with Crippen molar-refractivity contribution < 1.29 is 4.74 Å². The van der Waals surface area contributed by atoms with Gasteiger partial charge in [-0.1, -0.05) is 26.7 Å². The van der Waals surface area contributed by atoms with E-state index in [4.69, 9.17) is 4.74 Å². The van der Waals surface area contributed by atoms with Crippen molar-refractivity contribution in [1.82, 2.24) is 14.5 Å². The molecule has 0 aliphatic carbocycles. The van der Waals surface area contributed by atoms with Gasteiger partial charge in [0.2, 0.25) is 0 Å². The molecule has 0 saturated carbocycles. The lowest BCUT2D eigenvalue weighted by atomic mass is 10.0. The minimum atomic E-state index is 0.414. The highest BCUT2D eigenvalue weighted by molar-refractivity contribution is 5.03. The molecule has 1 aliphatic rings. The van der Waals surface area contributed by atoms with E-state index >= 15 is 0 Å². The lowest BCUT2D eigenvalue weighted by molar-refractivity contribution is -0.0366. The van der Waals surface area contributed by atoms with E-state index in [1.54, 1.807) is 0 Å². The van der Waals surface area contributed by atoms with Gasteiger partial charge in [-0.15, -0.1) is 0 Å². The Morgan fingerprint density at radius 1 is 1.45 bits per heavy atom. The summed E-state index contributed by atoms with van der Waals surface area (Å²) in [4.78, 5) is 6.87. The van der Waals surface area contributed by atoms with Gasteiger partial charge >= 0.3 is 0 Å². The molecule has 1 aromatic rings. The lowest BCUT2D eigenvalue weighted by Gasteiger charge is -2.33. The molecule has 0 radical (unpaired) electrons. The molecule has 4 nitrogen and oxygen atoms in total. The topological polar surface area (TPSA) is 30.3 Å². The second-order valence-corrected chi connectivity index (χ2v) is 6.41. The third-order valence-corrected chi connectivity index (χ3v) is 4.23.